The molecule has 2 N–H and O–H groups in total. The Morgan fingerprint density at radius 2 is 1.74 bits per heavy atom. The summed E-state index contributed by atoms with van der Waals surface area (Å²) in [5.41, 5.74) is 1.34. The highest BCUT2D eigenvalue weighted by Gasteiger charge is 2.09. The molecule has 2 rings (SSSR count). The Morgan fingerprint density at radius 1 is 1.04 bits per heavy atom. The summed E-state index contributed by atoms with van der Waals surface area (Å²) >= 11 is 0. The van der Waals surface area contributed by atoms with E-state index in [2.05, 4.69) is 20.8 Å². The van der Waals surface area contributed by atoms with Crippen LogP contribution in [0.2, 0.25) is 0 Å². The van der Waals surface area contributed by atoms with E-state index in [1.807, 2.05) is 19.1 Å². The Bertz CT molecular complexity index is 637. The highest BCUT2D eigenvalue weighted by molar-refractivity contribution is 5.95. The summed E-state index contributed by atoms with van der Waals surface area (Å²) in [4.78, 5) is 12.2. The van der Waals surface area contributed by atoms with Crippen LogP contribution in [0.25, 0.3) is 0 Å². The first-order chi connectivity index (χ1) is 11.1. The van der Waals surface area contributed by atoms with E-state index in [-0.39, 0.29) is 5.91 Å². The molecule has 7 heteroatoms. The molecule has 0 aliphatic rings. The van der Waals surface area contributed by atoms with E-state index >= 15 is 0 Å². The van der Waals surface area contributed by atoms with Gasteiger partial charge in [-0.05, 0) is 31.2 Å². The Hall–Kier alpha value is -2.83. The molecule has 0 saturated carbocycles. The van der Waals surface area contributed by atoms with Gasteiger partial charge in [-0.15, -0.1) is 5.10 Å². The number of hydrogen-bond donors (Lipinski definition) is 2. The highest BCUT2D eigenvalue weighted by Crippen LogP contribution is 2.22. The molecule has 0 atom stereocenters. The molecular weight excluding hydrogens is 296 g/mol. The largest absolute Gasteiger partial charge is 0.497 e. The SMILES string of the molecule is COc1cc(OC)cc(C(=O)NCCNc2ccc(C)nn2)c1. The summed E-state index contributed by atoms with van der Waals surface area (Å²) in [6, 6.07) is 8.76. The number of aryl methyl sites for hydroxylation is 1. The summed E-state index contributed by atoms with van der Waals surface area (Å²) in [5.74, 6) is 1.62. The zero-order valence-corrected chi connectivity index (χ0v) is 13.4. The number of benzene rings is 1. The van der Waals surface area contributed by atoms with Crippen molar-refractivity contribution < 1.29 is 14.3 Å². The summed E-state index contributed by atoms with van der Waals surface area (Å²) in [6.07, 6.45) is 0. The normalized spacial score (nSPS) is 10.0. The van der Waals surface area contributed by atoms with Crippen LogP contribution in [0.5, 0.6) is 11.5 Å². The van der Waals surface area contributed by atoms with Gasteiger partial charge in [0.1, 0.15) is 17.3 Å². The Morgan fingerprint density at radius 3 is 2.30 bits per heavy atom. The standard InChI is InChI=1S/C16H20N4O3/c1-11-4-5-15(20-19-11)17-6-7-18-16(21)12-8-13(22-2)10-14(9-12)23-3/h4-5,8-10H,6-7H2,1-3H3,(H,17,20)(H,18,21). The molecule has 1 aromatic carbocycles. The van der Waals surface area contributed by atoms with Crippen molar-refractivity contribution in [2.75, 3.05) is 32.6 Å². The molecule has 0 aliphatic carbocycles. The quantitative estimate of drug-likeness (QED) is 0.755. The molecule has 0 fully saturated rings. The second-order valence-corrected chi connectivity index (χ2v) is 4.84. The molecule has 0 spiro atoms. The molecule has 122 valence electrons. The van der Waals surface area contributed by atoms with Gasteiger partial charge in [0.05, 0.1) is 19.9 Å². The number of aromatic nitrogens is 2. The van der Waals surface area contributed by atoms with Crippen molar-refractivity contribution >= 4 is 11.7 Å². The van der Waals surface area contributed by atoms with Gasteiger partial charge in [-0.25, -0.2) is 0 Å². The van der Waals surface area contributed by atoms with Crippen LogP contribution in [0.1, 0.15) is 16.1 Å². The van der Waals surface area contributed by atoms with Gasteiger partial charge in [0.15, 0.2) is 0 Å². The number of anilines is 1. The third-order valence-corrected chi connectivity index (χ3v) is 3.13. The number of nitrogens with one attached hydrogen (secondary N) is 2. The van der Waals surface area contributed by atoms with Crippen LogP contribution in [0.3, 0.4) is 0 Å². The van der Waals surface area contributed by atoms with Crippen molar-refractivity contribution in [2.24, 2.45) is 0 Å². The van der Waals surface area contributed by atoms with E-state index in [0.717, 1.165) is 5.69 Å². The minimum atomic E-state index is -0.195. The topological polar surface area (TPSA) is 85.4 Å². The van der Waals surface area contributed by atoms with Gasteiger partial charge in [0, 0.05) is 24.7 Å². The first-order valence-corrected chi connectivity index (χ1v) is 7.18. The molecule has 0 aliphatic heterocycles. The predicted octanol–water partition coefficient (Wildman–Crippen LogP) is 1.64. The maximum atomic E-state index is 12.2. The van der Waals surface area contributed by atoms with E-state index in [4.69, 9.17) is 9.47 Å². The fourth-order valence-electron chi connectivity index (χ4n) is 1.90. The van der Waals surface area contributed by atoms with Crippen molar-refractivity contribution in [1.82, 2.24) is 15.5 Å². The number of nitrogens with zero attached hydrogens (tertiary/aromatic N) is 2. The van der Waals surface area contributed by atoms with Crippen molar-refractivity contribution in [1.29, 1.82) is 0 Å². The molecule has 0 saturated heterocycles. The third-order valence-electron chi connectivity index (χ3n) is 3.13. The molecule has 7 nitrogen and oxygen atoms in total. The lowest BCUT2D eigenvalue weighted by atomic mass is 10.2. The van der Waals surface area contributed by atoms with Crippen LogP contribution in [-0.2, 0) is 0 Å². The van der Waals surface area contributed by atoms with E-state index in [9.17, 15) is 4.79 Å². The second-order valence-electron chi connectivity index (χ2n) is 4.84. The molecule has 0 unspecified atom stereocenters. The third kappa shape index (κ3) is 4.84. The Kier molecular flexibility index (Phi) is 5.74. The molecule has 2 aromatic rings. The number of methoxy groups -OCH3 is 2. The Labute approximate surface area is 135 Å². The number of amides is 1. The van der Waals surface area contributed by atoms with E-state index in [0.29, 0.717) is 36.0 Å². The van der Waals surface area contributed by atoms with E-state index in [1.165, 1.54) is 0 Å². The van der Waals surface area contributed by atoms with Crippen LogP contribution < -0.4 is 20.1 Å². The zero-order chi connectivity index (χ0) is 16.7. The van der Waals surface area contributed by atoms with Gasteiger partial charge < -0.3 is 20.1 Å². The lowest BCUT2D eigenvalue weighted by molar-refractivity contribution is 0.0954. The second kappa shape index (κ2) is 7.98. The molecule has 1 amide bonds. The van der Waals surface area contributed by atoms with Gasteiger partial charge in [-0.2, -0.15) is 5.10 Å². The highest BCUT2D eigenvalue weighted by atomic mass is 16.5. The monoisotopic (exact) mass is 316 g/mol. The predicted molar refractivity (Wildman–Crippen MR) is 87.1 cm³/mol. The fraction of sp³-hybridized carbons (Fsp3) is 0.312. The average molecular weight is 316 g/mol. The minimum absolute atomic E-state index is 0.195. The van der Waals surface area contributed by atoms with Crippen molar-refractivity contribution in [2.45, 2.75) is 6.92 Å². The maximum absolute atomic E-state index is 12.2. The van der Waals surface area contributed by atoms with Gasteiger partial charge in [-0.3, -0.25) is 4.79 Å². The number of rotatable bonds is 7. The van der Waals surface area contributed by atoms with Crippen LogP contribution in [0.4, 0.5) is 5.82 Å². The van der Waals surface area contributed by atoms with Crippen LogP contribution in [0.15, 0.2) is 30.3 Å². The summed E-state index contributed by atoms with van der Waals surface area (Å²) in [7, 11) is 3.09. The zero-order valence-electron chi connectivity index (χ0n) is 13.4. The minimum Gasteiger partial charge on any atom is -0.497 e. The van der Waals surface area contributed by atoms with Gasteiger partial charge >= 0.3 is 0 Å². The lowest BCUT2D eigenvalue weighted by Crippen LogP contribution is -2.29. The first kappa shape index (κ1) is 16.5. The van der Waals surface area contributed by atoms with Crippen molar-refractivity contribution in [3.8, 4) is 11.5 Å². The molecule has 1 aromatic heterocycles. The lowest BCUT2D eigenvalue weighted by Gasteiger charge is -2.10. The molecule has 0 bridgehead atoms. The molecule has 0 radical (unpaired) electrons. The Balaban J connectivity index is 1.86. The molecule has 23 heavy (non-hydrogen) atoms. The number of carbonyl (C=O) groups excluding carboxylic acids is 1. The van der Waals surface area contributed by atoms with Crippen LogP contribution in [0, 0.1) is 6.92 Å². The fourth-order valence-corrected chi connectivity index (χ4v) is 1.90. The number of carbonyl (C=O) groups is 1. The summed E-state index contributed by atoms with van der Waals surface area (Å²) in [6.45, 7) is 2.87. The maximum Gasteiger partial charge on any atom is 0.251 e. The van der Waals surface area contributed by atoms with E-state index in [1.54, 1.807) is 32.4 Å². The van der Waals surface area contributed by atoms with Crippen molar-refractivity contribution in [3.05, 3.63) is 41.6 Å². The van der Waals surface area contributed by atoms with Gasteiger partial charge in [0.25, 0.3) is 5.91 Å². The smallest absolute Gasteiger partial charge is 0.251 e. The van der Waals surface area contributed by atoms with Gasteiger partial charge in [0.2, 0.25) is 0 Å². The summed E-state index contributed by atoms with van der Waals surface area (Å²) in [5, 5.41) is 13.9. The van der Waals surface area contributed by atoms with E-state index < -0.39 is 0 Å². The molecular formula is C16H20N4O3. The molecule has 1 heterocycles. The average Bonchev–Trinajstić information content (AvgIpc) is 2.59. The number of ether oxygens (including phenoxy) is 2. The van der Waals surface area contributed by atoms with Gasteiger partial charge in [-0.1, -0.05) is 0 Å². The first-order valence-electron chi connectivity index (χ1n) is 7.18. The summed E-state index contributed by atoms with van der Waals surface area (Å²) < 4.78 is 10.3. The van der Waals surface area contributed by atoms with Crippen molar-refractivity contribution in [3.63, 3.8) is 0 Å². The number of hydrogen-bond acceptors (Lipinski definition) is 6. The van der Waals surface area contributed by atoms with Crippen LogP contribution in [-0.4, -0.2) is 43.4 Å². The van der Waals surface area contributed by atoms with Crippen LogP contribution >= 0.6 is 0 Å².